The van der Waals surface area contributed by atoms with Crippen LogP contribution in [0.15, 0.2) is 4.42 Å². The van der Waals surface area contributed by atoms with Crippen LogP contribution in [0.1, 0.15) is 24.6 Å². The molecule has 0 radical (unpaired) electrons. The van der Waals surface area contributed by atoms with E-state index in [-0.39, 0.29) is 18.6 Å². The van der Waals surface area contributed by atoms with Gasteiger partial charge in [-0.15, -0.1) is 10.2 Å². The van der Waals surface area contributed by atoms with Crippen LogP contribution in [-0.2, 0) is 16.1 Å². The monoisotopic (exact) mass is 211 g/mol. The van der Waals surface area contributed by atoms with Crippen molar-refractivity contribution in [3.63, 3.8) is 0 Å². The molecule has 0 spiro atoms. The Morgan fingerprint density at radius 1 is 1.60 bits per heavy atom. The minimum Gasteiger partial charge on any atom is -0.424 e. The van der Waals surface area contributed by atoms with Crippen molar-refractivity contribution in [2.24, 2.45) is 0 Å². The van der Waals surface area contributed by atoms with Gasteiger partial charge in [0.1, 0.15) is 6.10 Å². The van der Waals surface area contributed by atoms with Crippen LogP contribution in [0.3, 0.4) is 0 Å². The Morgan fingerprint density at radius 2 is 2.47 bits per heavy atom. The number of nitrogens with one attached hydrogen (secondary N) is 1. The second-order valence-electron chi connectivity index (χ2n) is 3.43. The fraction of sp³-hybridized carbons (Fsp3) is 0.667. The molecular formula is C9H13N3O3. The van der Waals surface area contributed by atoms with E-state index in [1.54, 1.807) is 6.92 Å². The van der Waals surface area contributed by atoms with E-state index in [0.29, 0.717) is 18.4 Å². The van der Waals surface area contributed by atoms with Gasteiger partial charge >= 0.3 is 0 Å². The average molecular weight is 211 g/mol. The Labute approximate surface area is 87.0 Å². The van der Waals surface area contributed by atoms with E-state index in [1.165, 1.54) is 0 Å². The summed E-state index contributed by atoms with van der Waals surface area (Å²) in [6, 6.07) is 0. The lowest BCUT2D eigenvalue weighted by Gasteiger charge is -2.08. The maximum atomic E-state index is 11.5. The highest BCUT2D eigenvalue weighted by atomic mass is 16.5. The van der Waals surface area contributed by atoms with E-state index < -0.39 is 0 Å². The van der Waals surface area contributed by atoms with E-state index in [2.05, 4.69) is 15.5 Å². The minimum atomic E-state index is -0.311. The summed E-state index contributed by atoms with van der Waals surface area (Å²) >= 11 is 0. The number of ether oxygens (including phenoxy) is 1. The Bertz CT molecular complexity index is 344. The van der Waals surface area contributed by atoms with Crippen molar-refractivity contribution in [1.82, 2.24) is 15.5 Å². The third kappa shape index (κ3) is 2.53. The van der Waals surface area contributed by atoms with Gasteiger partial charge in [-0.2, -0.15) is 0 Å². The third-order valence-corrected chi connectivity index (χ3v) is 2.20. The van der Waals surface area contributed by atoms with Gasteiger partial charge < -0.3 is 14.5 Å². The molecule has 1 aliphatic rings. The molecule has 1 fully saturated rings. The molecule has 6 heteroatoms. The first-order chi connectivity index (χ1) is 7.25. The molecule has 1 aromatic heterocycles. The highest BCUT2D eigenvalue weighted by Gasteiger charge is 2.23. The number of nitrogens with zero attached hydrogens (tertiary/aromatic N) is 2. The maximum absolute atomic E-state index is 11.5. The molecule has 0 saturated carbocycles. The molecule has 1 atom stereocenters. The predicted octanol–water partition coefficient (Wildman–Crippen LogP) is 0.173. The van der Waals surface area contributed by atoms with E-state index in [1.807, 2.05) is 0 Å². The second kappa shape index (κ2) is 4.39. The van der Waals surface area contributed by atoms with Gasteiger partial charge in [0.15, 0.2) is 0 Å². The molecule has 6 nitrogen and oxygen atoms in total. The van der Waals surface area contributed by atoms with Crippen LogP contribution in [0, 0.1) is 6.92 Å². The first-order valence-corrected chi connectivity index (χ1v) is 4.94. The summed E-state index contributed by atoms with van der Waals surface area (Å²) in [5.41, 5.74) is 0. The molecule has 0 bridgehead atoms. The fourth-order valence-corrected chi connectivity index (χ4v) is 1.47. The predicted molar refractivity (Wildman–Crippen MR) is 49.9 cm³/mol. The molecule has 1 saturated heterocycles. The topological polar surface area (TPSA) is 77.2 Å². The lowest BCUT2D eigenvalue weighted by Crippen LogP contribution is -2.33. The molecule has 1 N–H and O–H groups in total. The molecule has 2 heterocycles. The van der Waals surface area contributed by atoms with E-state index in [0.717, 1.165) is 12.8 Å². The van der Waals surface area contributed by atoms with Crippen molar-refractivity contribution in [3.05, 3.63) is 11.8 Å². The normalized spacial score (nSPS) is 20.5. The molecule has 82 valence electrons. The molecule has 1 amide bonds. The van der Waals surface area contributed by atoms with Gasteiger partial charge in [0.05, 0.1) is 6.54 Å². The Kier molecular flexibility index (Phi) is 2.96. The largest absolute Gasteiger partial charge is 0.424 e. The van der Waals surface area contributed by atoms with Crippen molar-refractivity contribution in [1.29, 1.82) is 0 Å². The van der Waals surface area contributed by atoms with Gasteiger partial charge in [0, 0.05) is 13.5 Å². The van der Waals surface area contributed by atoms with Crippen LogP contribution in [-0.4, -0.2) is 28.8 Å². The molecule has 1 unspecified atom stereocenters. The van der Waals surface area contributed by atoms with Gasteiger partial charge in [-0.05, 0) is 12.8 Å². The van der Waals surface area contributed by atoms with Crippen molar-refractivity contribution >= 4 is 5.91 Å². The van der Waals surface area contributed by atoms with Crippen molar-refractivity contribution in [2.75, 3.05) is 6.61 Å². The second-order valence-corrected chi connectivity index (χ2v) is 3.43. The van der Waals surface area contributed by atoms with E-state index in [9.17, 15) is 4.79 Å². The summed E-state index contributed by atoms with van der Waals surface area (Å²) in [5, 5.41) is 10.1. The number of hydrogen-bond acceptors (Lipinski definition) is 5. The SMILES string of the molecule is Cc1nnc(CNC(=O)C2CCCO2)o1. The molecule has 1 aromatic rings. The Morgan fingerprint density at radius 3 is 3.07 bits per heavy atom. The number of aryl methyl sites for hydroxylation is 1. The number of carbonyl (C=O) groups is 1. The standard InChI is InChI=1S/C9H13N3O3/c1-6-11-12-8(15-6)5-10-9(13)7-3-2-4-14-7/h7H,2-5H2,1H3,(H,10,13). The smallest absolute Gasteiger partial charge is 0.249 e. The van der Waals surface area contributed by atoms with Gasteiger partial charge in [-0.1, -0.05) is 0 Å². The first kappa shape index (κ1) is 10.1. The number of aromatic nitrogens is 2. The van der Waals surface area contributed by atoms with Crippen molar-refractivity contribution in [3.8, 4) is 0 Å². The molecule has 15 heavy (non-hydrogen) atoms. The van der Waals surface area contributed by atoms with E-state index >= 15 is 0 Å². The Balaban J connectivity index is 1.80. The number of hydrogen-bond donors (Lipinski definition) is 1. The zero-order valence-electron chi connectivity index (χ0n) is 8.52. The quantitative estimate of drug-likeness (QED) is 0.771. The zero-order chi connectivity index (χ0) is 10.7. The molecular weight excluding hydrogens is 198 g/mol. The number of rotatable bonds is 3. The van der Waals surface area contributed by atoms with Crippen LogP contribution in [0.25, 0.3) is 0 Å². The summed E-state index contributed by atoms with van der Waals surface area (Å²) in [5.74, 6) is 0.804. The van der Waals surface area contributed by atoms with Crippen LogP contribution in [0.4, 0.5) is 0 Å². The van der Waals surface area contributed by atoms with Crippen LogP contribution in [0.5, 0.6) is 0 Å². The molecule has 2 rings (SSSR count). The van der Waals surface area contributed by atoms with Gasteiger partial charge in [-0.25, -0.2) is 0 Å². The fourth-order valence-electron chi connectivity index (χ4n) is 1.47. The summed E-state index contributed by atoms with van der Waals surface area (Å²) in [7, 11) is 0. The molecule has 0 aliphatic carbocycles. The number of amides is 1. The molecule has 1 aliphatic heterocycles. The summed E-state index contributed by atoms with van der Waals surface area (Å²) in [6.07, 6.45) is 1.42. The summed E-state index contributed by atoms with van der Waals surface area (Å²) in [4.78, 5) is 11.5. The van der Waals surface area contributed by atoms with Crippen LogP contribution < -0.4 is 5.32 Å². The lowest BCUT2D eigenvalue weighted by atomic mass is 10.2. The minimum absolute atomic E-state index is 0.108. The van der Waals surface area contributed by atoms with Gasteiger partial charge in [0.2, 0.25) is 17.7 Å². The summed E-state index contributed by atoms with van der Waals surface area (Å²) in [6.45, 7) is 2.63. The number of carbonyl (C=O) groups excluding carboxylic acids is 1. The van der Waals surface area contributed by atoms with Gasteiger partial charge in [-0.3, -0.25) is 4.79 Å². The highest BCUT2D eigenvalue weighted by Crippen LogP contribution is 2.11. The van der Waals surface area contributed by atoms with Crippen molar-refractivity contribution in [2.45, 2.75) is 32.4 Å². The Hall–Kier alpha value is -1.43. The van der Waals surface area contributed by atoms with Crippen molar-refractivity contribution < 1.29 is 13.9 Å². The van der Waals surface area contributed by atoms with Gasteiger partial charge in [0.25, 0.3) is 0 Å². The van der Waals surface area contributed by atoms with Crippen LogP contribution in [0.2, 0.25) is 0 Å². The van der Waals surface area contributed by atoms with E-state index in [4.69, 9.17) is 9.15 Å². The zero-order valence-corrected chi connectivity index (χ0v) is 8.52. The maximum Gasteiger partial charge on any atom is 0.249 e. The third-order valence-electron chi connectivity index (χ3n) is 2.20. The molecule has 0 aromatic carbocycles. The lowest BCUT2D eigenvalue weighted by molar-refractivity contribution is -0.130. The first-order valence-electron chi connectivity index (χ1n) is 4.94. The average Bonchev–Trinajstić information content (AvgIpc) is 2.84. The van der Waals surface area contributed by atoms with Crippen LogP contribution >= 0.6 is 0 Å². The summed E-state index contributed by atoms with van der Waals surface area (Å²) < 4.78 is 10.3. The highest BCUT2D eigenvalue weighted by molar-refractivity contribution is 5.80.